The summed E-state index contributed by atoms with van der Waals surface area (Å²) in [6, 6.07) is 11.4. The van der Waals surface area contributed by atoms with Crippen molar-refractivity contribution in [1.82, 2.24) is 15.3 Å². The number of anilines is 2. The molecule has 4 heterocycles. The SMILES string of the molecule is Cc1ccc(-c2ccc(N3CCN[C@@H](CC(C)C)C3)nc2C(=O)c2cccnc2N)o1. The molecule has 7 nitrogen and oxygen atoms in total. The van der Waals surface area contributed by atoms with E-state index in [9.17, 15) is 4.79 Å². The Balaban J connectivity index is 1.73. The van der Waals surface area contributed by atoms with Gasteiger partial charge in [0.1, 0.15) is 28.9 Å². The van der Waals surface area contributed by atoms with Crippen LogP contribution in [0.5, 0.6) is 0 Å². The third kappa shape index (κ3) is 4.61. The number of nitrogens with two attached hydrogens (primary N) is 1. The number of carbonyl (C=O) groups excluding carboxylic acids is 1. The van der Waals surface area contributed by atoms with Crippen LogP contribution in [0.4, 0.5) is 11.6 Å². The van der Waals surface area contributed by atoms with Gasteiger partial charge in [0.2, 0.25) is 5.78 Å². The number of aromatic nitrogens is 2. The molecule has 0 bridgehead atoms. The van der Waals surface area contributed by atoms with E-state index >= 15 is 0 Å². The molecule has 0 radical (unpaired) electrons. The van der Waals surface area contributed by atoms with Crippen molar-refractivity contribution in [3.05, 3.63) is 59.6 Å². The van der Waals surface area contributed by atoms with E-state index < -0.39 is 0 Å². The summed E-state index contributed by atoms with van der Waals surface area (Å²) in [6.45, 7) is 8.91. The van der Waals surface area contributed by atoms with Gasteiger partial charge in [0.05, 0.1) is 5.56 Å². The lowest BCUT2D eigenvalue weighted by molar-refractivity contribution is 0.103. The molecule has 0 aromatic carbocycles. The van der Waals surface area contributed by atoms with Crippen molar-refractivity contribution in [3.8, 4) is 11.3 Å². The van der Waals surface area contributed by atoms with Crippen molar-refractivity contribution in [2.45, 2.75) is 33.2 Å². The van der Waals surface area contributed by atoms with Gasteiger partial charge >= 0.3 is 0 Å². The average molecular weight is 420 g/mol. The van der Waals surface area contributed by atoms with Crippen LogP contribution in [0.1, 0.15) is 42.1 Å². The summed E-state index contributed by atoms with van der Waals surface area (Å²) in [5, 5.41) is 3.58. The molecule has 31 heavy (non-hydrogen) atoms. The van der Waals surface area contributed by atoms with E-state index in [0.717, 1.165) is 37.6 Å². The van der Waals surface area contributed by atoms with Crippen LogP contribution in [0.25, 0.3) is 11.3 Å². The molecule has 3 aromatic rings. The summed E-state index contributed by atoms with van der Waals surface area (Å²) in [6.07, 6.45) is 2.67. The van der Waals surface area contributed by atoms with Gasteiger partial charge in [0.15, 0.2) is 0 Å². The fourth-order valence-corrected chi connectivity index (χ4v) is 4.07. The van der Waals surface area contributed by atoms with Crippen LogP contribution >= 0.6 is 0 Å². The van der Waals surface area contributed by atoms with Crippen LogP contribution in [-0.4, -0.2) is 41.4 Å². The zero-order valence-corrected chi connectivity index (χ0v) is 18.3. The fourth-order valence-electron chi connectivity index (χ4n) is 4.07. The van der Waals surface area contributed by atoms with E-state index in [-0.39, 0.29) is 11.6 Å². The highest BCUT2D eigenvalue weighted by molar-refractivity contribution is 6.13. The molecule has 0 amide bonds. The second-order valence-electron chi connectivity index (χ2n) is 8.47. The molecule has 162 valence electrons. The number of ketones is 1. The van der Waals surface area contributed by atoms with Gasteiger partial charge in [-0.15, -0.1) is 0 Å². The molecule has 0 saturated carbocycles. The molecular weight excluding hydrogens is 390 g/mol. The minimum absolute atomic E-state index is 0.195. The van der Waals surface area contributed by atoms with Crippen molar-refractivity contribution in [2.75, 3.05) is 30.3 Å². The van der Waals surface area contributed by atoms with Crippen LogP contribution in [0.3, 0.4) is 0 Å². The summed E-state index contributed by atoms with van der Waals surface area (Å²) in [7, 11) is 0. The van der Waals surface area contributed by atoms with Crippen molar-refractivity contribution in [3.63, 3.8) is 0 Å². The summed E-state index contributed by atoms with van der Waals surface area (Å²) in [4.78, 5) is 24.6. The maximum absolute atomic E-state index is 13.5. The van der Waals surface area contributed by atoms with Crippen molar-refractivity contribution in [2.24, 2.45) is 5.92 Å². The van der Waals surface area contributed by atoms with Gasteiger partial charge in [-0.25, -0.2) is 9.97 Å². The molecule has 1 aliphatic heterocycles. The highest BCUT2D eigenvalue weighted by Crippen LogP contribution is 2.30. The molecule has 3 aromatic heterocycles. The molecular formula is C24H29N5O2. The number of hydrogen-bond donors (Lipinski definition) is 2. The molecule has 1 aliphatic rings. The van der Waals surface area contributed by atoms with E-state index in [2.05, 4.69) is 29.0 Å². The molecule has 0 spiro atoms. The van der Waals surface area contributed by atoms with Crippen LogP contribution in [0.15, 0.2) is 47.0 Å². The number of carbonyl (C=O) groups is 1. The van der Waals surface area contributed by atoms with Gasteiger partial charge in [-0.1, -0.05) is 13.8 Å². The Morgan fingerprint density at radius 2 is 2.13 bits per heavy atom. The smallest absolute Gasteiger partial charge is 0.215 e. The number of pyridine rings is 2. The predicted octanol–water partition coefficient (Wildman–Crippen LogP) is 3.68. The molecule has 1 fully saturated rings. The molecule has 1 saturated heterocycles. The molecule has 7 heteroatoms. The van der Waals surface area contributed by atoms with Gasteiger partial charge in [0, 0.05) is 37.4 Å². The highest BCUT2D eigenvalue weighted by Gasteiger charge is 2.25. The van der Waals surface area contributed by atoms with Crippen LogP contribution in [0, 0.1) is 12.8 Å². The molecule has 4 rings (SSSR count). The first kappa shape index (κ1) is 21.1. The van der Waals surface area contributed by atoms with Crippen LogP contribution in [0.2, 0.25) is 0 Å². The number of rotatable bonds is 6. The minimum Gasteiger partial charge on any atom is -0.461 e. The Kier molecular flexibility index (Phi) is 6.04. The quantitative estimate of drug-likeness (QED) is 0.588. The number of nitrogens with zero attached hydrogens (tertiary/aromatic N) is 3. The Labute approximate surface area is 182 Å². The number of nitrogens with one attached hydrogen (secondary N) is 1. The summed E-state index contributed by atoms with van der Waals surface area (Å²) in [5.41, 5.74) is 7.31. The first-order chi connectivity index (χ1) is 14.9. The third-order valence-corrected chi connectivity index (χ3v) is 5.52. The zero-order valence-electron chi connectivity index (χ0n) is 18.3. The fraction of sp³-hybridized carbons (Fsp3) is 0.375. The van der Waals surface area contributed by atoms with Gasteiger partial charge in [-0.3, -0.25) is 4.79 Å². The van der Waals surface area contributed by atoms with E-state index in [4.69, 9.17) is 15.1 Å². The van der Waals surface area contributed by atoms with Crippen molar-refractivity contribution in [1.29, 1.82) is 0 Å². The first-order valence-corrected chi connectivity index (χ1v) is 10.7. The van der Waals surface area contributed by atoms with Crippen molar-refractivity contribution >= 4 is 17.4 Å². The maximum atomic E-state index is 13.5. The number of furan rings is 1. The van der Waals surface area contributed by atoms with Gasteiger partial charge in [-0.2, -0.15) is 0 Å². The Hall–Kier alpha value is -3.19. The van der Waals surface area contributed by atoms with Crippen LogP contribution < -0.4 is 16.0 Å². The summed E-state index contributed by atoms with van der Waals surface area (Å²) in [5.74, 6) is 2.72. The maximum Gasteiger partial charge on any atom is 0.215 e. The number of piperazine rings is 1. The van der Waals surface area contributed by atoms with Crippen LogP contribution in [-0.2, 0) is 0 Å². The highest BCUT2D eigenvalue weighted by atomic mass is 16.3. The third-order valence-electron chi connectivity index (χ3n) is 5.52. The Morgan fingerprint density at radius 3 is 2.84 bits per heavy atom. The average Bonchev–Trinajstić information content (AvgIpc) is 3.19. The summed E-state index contributed by atoms with van der Waals surface area (Å²) >= 11 is 0. The number of hydrogen-bond acceptors (Lipinski definition) is 7. The van der Waals surface area contributed by atoms with E-state index in [1.165, 1.54) is 0 Å². The zero-order chi connectivity index (χ0) is 22.0. The lowest BCUT2D eigenvalue weighted by Gasteiger charge is -2.35. The van der Waals surface area contributed by atoms with E-state index in [1.807, 2.05) is 31.2 Å². The molecule has 0 unspecified atom stereocenters. The van der Waals surface area contributed by atoms with E-state index in [0.29, 0.717) is 34.5 Å². The second kappa shape index (κ2) is 8.89. The lowest BCUT2D eigenvalue weighted by atomic mass is 10.0. The topological polar surface area (TPSA) is 97.3 Å². The molecule has 1 atom stereocenters. The van der Waals surface area contributed by atoms with Gasteiger partial charge < -0.3 is 20.4 Å². The Morgan fingerprint density at radius 1 is 1.29 bits per heavy atom. The van der Waals surface area contributed by atoms with Gasteiger partial charge in [0.25, 0.3) is 0 Å². The summed E-state index contributed by atoms with van der Waals surface area (Å²) < 4.78 is 5.81. The van der Waals surface area contributed by atoms with Crippen molar-refractivity contribution < 1.29 is 9.21 Å². The van der Waals surface area contributed by atoms with E-state index in [1.54, 1.807) is 18.3 Å². The minimum atomic E-state index is -0.259. The largest absolute Gasteiger partial charge is 0.461 e. The number of aryl methyl sites for hydroxylation is 1. The monoisotopic (exact) mass is 419 g/mol. The second-order valence-corrected chi connectivity index (χ2v) is 8.47. The Bertz CT molecular complexity index is 1080. The molecule has 3 N–H and O–H groups in total. The standard InChI is InChI=1S/C24H29N5O2/c1-15(2)13-17-14-29(12-11-26-17)21-9-7-18(20-8-6-16(3)31-20)22(28-21)23(30)19-5-4-10-27-24(19)25/h4-10,15,17,26H,11-14H2,1-3H3,(H2,25,27)/t17-/m0/s1. The lowest BCUT2D eigenvalue weighted by Crippen LogP contribution is -2.51. The normalized spacial score (nSPS) is 16.6. The molecule has 0 aliphatic carbocycles. The predicted molar refractivity (Wildman–Crippen MR) is 122 cm³/mol. The number of nitrogen functional groups attached to an aromatic ring is 1. The van der Waals surface area contributed by atoms with Gasteiger partial charge in [-0.05, 0) is 55.7 Å². The first-order valence-electron chi connectivity index (χ1n) is 10.7.